The first kappa shape index (κ1) is 14.8. The molecule has 0 spiro atoms. The van der Waals surface area contributed by atoms with Crippen molar-refractivity contribution in [3.05, 3.63) is 36.4 Å². The maximum atomic E-state index is 4.44. The highest BCUT2D eigenvalue weighted by Crippen LogP contribution is 2.10. The highest BCUT2D eigenvalue weighted by atomic mass is 15.1. The molecule has 0 fully saturated rings. The van der Waals surface area contributed by atoms with Gasteiger partial charge < -0.3 is 14.5 Å². The van der Waals surface area contributed by atoms with Crippen LogP contribution in [0.3, 0.4) is 0 Å². The van der Waals surface area contributed by atoms with Gasteiger partial charge in [0.25, 0.3) is 0 Å². The lowest BCUT2D eigenvalue weighted by Crippen LogP contribution is -2.19. The lowest BCUT2D eigenvalue weighted by atomic mass is 10.2. The van der Waals surface area contributed by atoms with E-state index in [1.165, 1.54) is 5.69 Å². The van der Waals surface area contributed by atoms with E-state index in [0.717, 1.165) is 25.3 Å². The lowest BCUT2D eigenvalue weighted by Gasteiger charge is -2.11. The number of rotatable bonds is 7. The van der Waals surface area contributed by atoms with Crippen LogP contribution >= 0.6 is 0 Å². The van der Waals surface area contributed by atoms with E-state index < -0.39 is 0 Å². The van der Waals surface area contributed by atoms with Crippen molar-refractivity contribution in [2.75, 3.05) is 6.54 Å². The molecule has 20 heavy (non-hydrogen) atoms. The smallest absolute Gasteiger partial charge is 0.0953 e. The number of aromatic nitrogens is 4. The van der Waals surface area contributed by atoms with Gasteiger partial charge in [-0.2, -0.15) is 0 Å². The molecule has 0 aliphatic heterocycles. The molecule has 0 atom stereocenters. The Morgan fingerprint density at radius 3 is 2.70 bits per heavy atom. The third-order valence-electron chi connectivity index (χ3n) is 3.19. The van der Waals surface area contributed by atoms with Crippen LogP contribution in [0, 0.1) is 5.92 Å². The average molecular weight is 275 g/mol. The zero-order valence-electron chi connectivity index (χ0n) is 12.9. The van der Waals surface area contributed by atoms with Gasteiger partial charge in [-0.1, -0.05) is 13.8 Å². The molecule has 2 aromatic rings. The second kappa shape index (κ2) is 6.70. The molecule has 2 heterocycles. The third-order valence-corrected chi connectivity index (χ3v) is 3.19. The summed E-state index contributed by atoms with van der Waals surface area (Å²) in [4.78, 5) is 8.67. The summed E-state index contributed by atoms with van der Waals surface area (Å²) < 4.78 is 4.30. The first-order valence-electron chi connectivity index (χ1n) is 7.28. The molecule has 110 valence electrons. The van der Waals surface area contributed by atoms with E-state index in [-0.39, 0.29) is 0 Å². The van der Waals surface area contributed by atoms with Gasteiger partial charge in [0.1, 0.15) is 0 Å². The molecule has 0 aromatic carbocycles. The molecule has 0 bridgehead atoms. The molecule has 2 rings (SSSR count). The largest absolute Gasteiger partial charge is 0.331 e. The predicted octanol–water partition coefficient (Wildman–Crippen LogP) is 2.45. The van der Waals surface area contributed by atoms with Gasteiger partial charge in [0.2, 0.25) is 0 Å². The van der Waals surface area contributed by atoms with Gasteiger partial charge in [-0.15, -0.1) is 0 Å². The van der Waals surface area contributed by atoms with Crippen LogP contribution in [-0.4, -0.2) is 25.6 Å². The molecule has 5 nitrogen and oxygen atoms in total. The van der Waals surface area contributed by atoms with Gasteiger partial charge in [0.15, 0.2) is 0 Å². The summed E-state index contributed by atoms with van der Waals surface area (Å²) in [6.07, 6.45) is 7.81. The van der Waals surface area contributed by atoms with Crippen LogP contribution < -0.4 is 5.32 Å². The number of imidazole rings is 2. The fourth-order valence-corrected chi connectivity index (χ4v) is 2.18. The standard InChI is InChI=1S/C15H25N5/c1-12(2)5-16-6-14-8-19(11-18-14)9-15-7-17-10-20(15)13(3)4/h7-8,10-13,16H,5-6,9H2,1-4H3. The molecular formula is C15H25N5. The first-order valence-corrected chi connectivity index (χ1v) is 7.28. The Morgan fingerprint density at radius 2 is 2.00 bits per heavy atom. The van der Waals surface area contributed by atoms with E-state index in [0.29, 0.717) is 12.0 Å². The van der Waals surface area contributed by atoms with Crippen LogP contribution in [0.15, 0.2) is 25.0 Å². The quantitative estimate of drug-likeness (QED) is 0.844. The van der Waals surface area contributed by atoms with Gasteiger partial charge in [0, 0.05) is 25.0 Å². The molecule has 0 aliphatic carbocycles. The minimum Gasteiger partial charge on any atom is -0.331 e. The Labute approximate surface area is 121 Å². The van der Waals surface area contributed by atoms with Gasteiger partial charge in [-0.05, 0) is 26.3 Å². The molecule has 5 heteroatoms. The Balaban J connectivity index is 1.94. The van der Waals surface area contributed by atoms with Gasteiger partial charge in [-0.3, -0.25) is 0 Å². The summed E-state index contributed by atoms with van der Waals surface area (Å²) in [5.74, 6) is 0.664. The highest BCUT2D eigenvalue weighted by molar-refractivity contribution is 5.04. The topological polar surface area (TPSA) is 47.7 Å². The van der Waals surface area contributed by atoms with Crippen LogP contribution in [0.25, 0.3) is 0 Å². The third kappa shape index (κ3) is 3.93. The highest BCUT2D eigenvalue weighted by Gasteiger charge is 2.07. The van der Waals surface area contributed by atoms with E-state index >= 15 is 0 Å². The SMILES string of the molecule is CC(C)CNCc1cn(Cc2cncn2C(C)C)cn1. The normalized spacial score (nSPS) is 11.7. The zero-order chi connectivity index (χ0) is 14.5. The summed E-state index contributed by atoms with van der Waals surface area (Å²) >= 11 is 0. The molecule has 0 amide bonds. The van der Waals surface area contributed by atoms with Crippen molar-refractivity contribution in [3.8, 4) is 0 Å². The van der Waals surface area contributed by atoms with Crippen molar-refractivity contribution in [1.29, 1.82) is 0 Å². The van der Waals surface area contributed by atoms with Gasteiger partial charge in [0.05, 0.1) is 30.6 Å². The molecule has 0 aliphatic rings. The molecule has 1 N–H and O–H groups in total. The van der Waals surface area contributed by atoms with E-state index in [1.807, 2.05) is 18.9 Å². The van der Waals surface area contributed by atoms with E-state index in [1.54, 1.807) is 0 Å². The van der Waals surface area contributed by atoms with Crippen molar-refractivity contribution in [2.24, 2.45) is 5.92 Å². The number of nitrogens with one attached hydrogen (secondary N) is 1. The summed E-state index contributed by atoms with van der Waals surface area (Å²) in [7, 11) is 0. The predicted molar refractivity (Wildman–Crippen MR) is 80.5 cm³/mol. The van der Waals surface area contributed by atoms with Crippen LogP contribution in [0.2, 0.25) is 0 Å². The Kier molecular flexibility index (Phi) is 4.95. The molecule has 2 aromatic heterocycles. The second-order valence-electron chi connectivity index (χ2n) is 5.95. The molecule has 0 radical (unpaired) electrons. The van der Waals surface area contributed by atoms with Crippen molar-refractivity contribution in [3.63, 3.8) is 0 Å². The molecular weight excluding hydrogens is 250 g/mol. The number of nitrogens with zero attached hydrogens (tertiary/aromatic N) is 4. The number of hydrogen-bond donors (Lipinski definition) is 1. The molecule has 0 unspecified atom stereocenters. The van der Waals surface area contributed by atoms with E-state index in [9.17, 15) is 0 Å². The summed E-state index contributed by atoms with van der Waals surface area (Å²) in [6, 6.07) is 0.434. The summed E-state index contributed by atoms with van der Waals surface area (Å²) in [5, 5.41) is 3.41. The van der Waals surface area contributed by atoms with E-state index in [4.69, 9.17) is 0 Å². The second-order valence-corrected chi connectivity index (χ2v) is 5.95. The Morgan fingerprint density at radius 1 is 1.20 bits per heavy atom. The zero-order valence-corrected chi connectivity index (χ0v) is 12.9. The maximum Gasteiger partial charge on any atom is 0.0953 e. The minimum atomic E-state index is 0.434. The summed E-state index contributed by atoms with van der Waals surface area (Å²) in [6.45, 7) is 11.4. The fraction of sp³-hybridized carbons (Fsp3) is 0.600. The van der Waals surface area contributed by atoms with E-state index in [2.05, 4.69) is 58.3 Å². The van der Waals surface area contributed by atoms with Crippen molar-refractivity contribution >= 4 is 0 Å². The van der Waals surface area contributed by atoms with Crippen LogP contribution in [-0.2, 0) is 13.1 Å². The fourth-order valence-electron chi connectivity index (χ4n) is 2.18. The Hall–Kier alpha value is -1.62. The van der Waals surface area contributed by atoms with Crippen molar-refractivity contribution in [1.82, 2.24) is 24.4 Å². The molecule has 0 saturated heterocycles. The van der Waals surface area contributed by atoms with Crippen molar-refractivity contribution in [2.45, 2.75) is 46.8 Å². The average Bonchev–Trinajstić information content (AvgIpc) is 2.99. The van der Waals surface area contributed by atoms with Gasteiger partial charge >= 0.3 is 0 Å². The minimum absolute atomic E-state index is 0.434. The van der Waals surface area contributed by atoms with Crippen LogP contribution in [0.4, 0.5) is 0 Å². The Bertz CT molecular complexity index is 524. The van der Waals surface area contributed by atoms with Crippen molar-refractivity contribution < 1.29 is 0 Å². The number of hydrogen-bond acceptors (Lipinski definition) is 3. The first-order chi connectivity index (χ1) is 9.56. The summed E-state index contributed by atoms with van der Waals surface area (Å²) in [5.41, 5.74) is 2.29. The van der Waals surface area contributed by atoms with Crippen LogP contribution in [0.5, 0.6) is 0 Å². The maximum absolute atomic E-state index is 4.44. The monoisotopic (exact) mass is 275 g/mol. The van der Waals surface area contributed by atoms with Crippen LogP contribution in [0.1, 0.15) is 45.1 Å². The van der Waals surface area contributed by atoms with Gasteiger partial charge in [-0.25, -0.2) is 9.97 Å². The lowest BCUT2D eigenvalue weighted by molar-refractivity contribution is 0.548. The molecule has 0 saturated carbocycles.